The number of aliphatic hydroxyl groups is 1. The van der Waals surface area contributed by atoms with Crippen molar-refractivity contribution in [2.45, 2.75) is 30.8 Å². The minimum absolute atomic E-state index is 0.145. The number of thioether (sulfide) groups is 1. The monoisotopic (exact) mass is 387 g/mol. The van der Waals surface area contributed by atoms with Crippen LogP contribution in [0.5, 0.6) is 0 Å². The van der Waals surface area contributed by atoms with E-state index in [0.717, 1.165) is 25.0 Å². The van der Waals surface area contributed by atoms with E-state index in [-0.39, 0.29) is 11.5 Å². The standard InChI is InChI=1S/C11H18BrNO3S3/c1-17-6-4-2-3-5-13-19(15,16)10-7-9(8-14)18-11(10)12/h7,13-14H,2-6,8H2,1H3. The second-order valence-electron chi connectivity index (χ2n) is 3.96. The first-order valence-corrected chi connectivity index (χ1v) is 10.4. The maximum Gasteiger partial charge on any atom is 0.242 e. The fourth-order valence-corrected chi connectivity index (χ4v) is 5.60. The number of hydrogen-bond donors (Lipinski definition) is 2. The Labute approximate surface area is 131 Å². The van der Waals surface area contributed by atoms with E-state index in [4.69, 9.17) is 5.11 Å². The predicted octanol–water partition coefficient (Wildman–Crippen LogP) is 2.81. The molecule has 0 fully saturated rings. The molecule has 1 aromatic rings. The van der Waals surface area contributed by atoms with Crippen LogP contribution in [0.4, 0.5) is 0 Å². The second kappa shape index (κ2) is 8.63. The number of nitrogens with one attached hydrogen (secondary N) is 1. The van der Waals surface area contributed by atoms with Gasteiger partial charge < -0.3 is 5.11 Å². The van der Waals surface area contributed by atoms with Gasteiger partial charge in [-0.2, -0.15) is 11.8 Å². The van der Waals surface area contributed by atoms with Crippen LogP contribution < -0.4 is 4.72 Å². The van der Waals surface area contributed by atoms with Gasteiger partial charge in [0.1, 0.15) is 4.90 Å². The lowest BCUT2D eigenvalue weighted by molar-refractivity contribution is 0.285. The number of aliphatic hydroxyl groups excluding tert-OH is 1. The van der Waals surface area contributed by atoms with E-state index in [1.807, 2.05) is 0 Å². The molecule has 0 aromatic carbocycles. The molecule has 0 amide bonds. The first kappa shape index (κ1) is 17.5. The van der Waals surface area contributed by atoms with Crippen molar-refractivity contribution in [2.24, 2.45) is 0 Å². The Morgan fingerprint density at radius 3 is 2.74 bits per heavy atom. The summed E-state index contributed by atoms with van der Waals surface area (Å²) in [6.07, 6.45) is 5.04. The Balaban J connectivity index is 2.49. The molecule has 0 aliphatic rings. The van der Waals surface area contributed by atoms with Crippen molar-refractivity contribution in [1.82, 2.24) is 4.72 Å². The fraction of sp³-hybridized carbons (Fsp3) is 0.636. The summed E-state index contributed by atoms with van der Waals surface area (Å²) in [5.41, 5.74) is 0. The van der Waals surface area contributed by atoms with Gasteiger partial charge in [-0.25, -0.2) is 13.1 Å². The van der Waals surface area contributed by atoms with Crippen LogP contribution in [-0.4, -0.2) is 32.1 Å². The zero-order valence-corrected chi connectivity index (χ0v) is 14.7. The van der Waals surface area contributed by atoms with Crippen molar-refractivity contribution in [3.8, 4) is 0 Å². The quantitative estimate of drug-likeness (QED) is 0.639. The molecule has 0 bridgehead atoms. The topological polar surface area (TPSA) is 66.4 Å². The highest BCUT2D eigenvalue weighted by molar-refractivity contribution is 9.11. The van der Waals surface area contributed by atoms with Crippen LogP contribution in [0.3, 0.4) is 0 Å². The van der Waals surface area contributed by atoms with Crippen LogP contribution in [0.2, 0.25) is 0 Å². The SMILES string of the molecule is CSCCCCCNS(=O)(=O)c1cc(CO)sc1Br. The van der Waals surface area contributed by atoms with Gasteiger partial charge in [-0.05, 0) is 46.8 Å². The molecule has 8 heteroatoms. The average molecular weight is 388 g/mol. The number of rotatable bonds is 9. The van der Waals surface area contributed by atoms with Crippen LogP contribution in [-0.2, 0) is 16.6 Å². The number of hydrogen-bond acceptors (Lipinski definition) is 5. The molecule has 0 radical (unpaired) electrons. The molecular weight excluding hydrogens is 370 g/mol. The molecule has 1 rings (SSSR count). The predicted molar refractivity (Wildman–Crippen MR) is 85.4 cm³/mol. The van der Waals surface area contributed by atoms with E-state index in [2.05, 4.69) is 26.9 Å². The number of unbranched alkanes of at least 4 members (excludes halogenated alkanes) is 2. The summed E-state index contributed by atoms with van der Waals surface area (Å²) in [5, 5.41) is 9.01. The number of thiophene rings is 1. The molecule has 110 valence electrons. The van der Waals surface area contributed by atoms with E-state index >= 15 is 0 Å². The summed E-state index contributed by atoms with van der Waals surface area (Å²) in [5.74, 6) is 1.11. The third kappa shape index (κ3) is 5.73. The Morgan fingerprint density at radius 1 is 1.42 bits per heavy atom. The maximum absolute atomic E-state index is 12.1. The smallest absolute Gasteiger partial charge is 0.242 e. The molecule has 0 atom stereocenters. The Morgan fingerprint density at radius 2 is 2.16 bits per heavy atom. The Kier molecular flexibility index (Phi) is 7.93. The van der Waals surface area contributed by atoms with Gasteiger partial charge >= 0.3 is 0 Å². The van der Waals surface area contributed by atoms with Crippen molar-refractivity contribution >= 4 is 49.1 Å². The molecule has 1 heterocycles. The lowest BCUT2D eigenvalue weighted by atomic mass is 10.2. The normalized spacial score (nSPS) is 11.9. The van der Waals surface area contributed by atoms with Crippen molar-refractivity contribution < 1.29 is 13.5 Å². The second-order valence-corrected chi connectivity index (χ2v) is 9.14. The molecule has 0 unspecified atom stereocenters. The first-order valence-electron chi connectivity index (χ1n) is 5.89. The molecule has 2 N–H and O–H groups in total. The van der Waals surface area contributed by atoms with E-state index in [9.17, 15) is 8.42 Å². The van der Waals surface area contributed by atoms with E-state index in [1.54, 1.807) is 11.8 Å². The molecule has 4 nitrogen and oxygen atoms in total. The van der Waals surface area contributed by atoms with Gasteiger partial charge in [-0.1, -0.05) is 6.42 Å². The molecule has 0 aliphatic heterocycles. The van der Waals surface area contributed by atoms with Gasteiger partial charge in [0.15, 0.2) is 0 Å². The lowest BCUT2D eigenvalue weighted by Gasteiger charge is -2.05. The van der Waals surface area contributed by atoms with Crippen molar-refractivity contribution in [2.75, 3.05) is 18.6 Å². The zero-order valence-electron chi connectivity index (χ0n) is 10.7. The highest BCUT2D eigenvalue weighted by atomic mass is 79.9. The Hall–Kier alpha value is 0.400. The average Bonchev–Trinajstić information content (AvgIpc) is 2.76. The molecule has 0 aliphatic carbocycles. The number of halogens is 1. The van der Waals surface area contributed by atoms with Crippen LogP contribution >= 0.6 is 39.0 Å². The van der Waals surface area contributed by atoms with Gasteiger partial charge in [-0.15, -0.1) is 11.3 Å². The third-order valence-electron chi connectivity index (χ3n) is 2.47. The molecule has 0 saturated heterocycles. The van der Waals surface area contributed by atoms with Crippen molar-refractivity contribution in [3.05, 3.63) is 14.7 Å². The highest BCUT2D eigenvalue weighted by Crippen LogP contribution is 2.31. The van der Waals surface area contributed by atoms with Crippen LogP contribution in [0.15, 0.2) is 14.7 Å². The van der Waals surface area contributed by atoms with Crippen molar-refractivity contribution in [1.29, 1.82) is 0 Å². The third-order valence-corrected chi connectivity index (χ3v) is 6.86. The summed E-state index contributed by atoms with van der Waals surface area (Å²) >= 11 is 6.26. The number of sulfonamides is 1. The summed E-state index contributed by atoms with van der Waals surface area (Å²) in [7, 11) is -3.48. The zero-order chi connectivity index (χ0) is 14.3. The molecule has 19 heavy (non-hydrogen) atoms. The summed E-state index contributed by atoms with van der Waals surface area (Å²) in [4.78, 5) is 0.845. The first-order chi connectivity index (χ1) is 9.01. The Bertz CT molecular complexity index is 487. The van der Waals surface area contributed by atoms with Crippen LogP contribution in [0.1, 0.15) is 24.1 Å². The van der Waals surface area contributed by atoms with Crippen LogP contribution in [0.25, 0.3) is 0 Å². The van der Waals surface area contributed by atoms with Gasteiger partial charge in [0.05, 0.1) is 10.4 Å². The van der Waals surface area contributed by atoms with E-state index in [0.29, 0.717) is 15.2 Å². The van der Waals surface area contributed by atoms with Gasteiger partial charge in [0.25, 0.3) is 0 Å². The van der Waals surface area contributed by atoms with E-state index < -0.39 is 10.0 Å². The largest absolute Gasteiger partial charge is 0.391 e. The fourth-order valence-electron chi connectivity index (χ4n) is 1.49. The van der Waals surface area contributed by atoms with Gasteiger partial charge in [0, 0.05) is 11.4 Å². The molecular formula is C11H18BrNO3S3. The summed E-state index contributed by atoms with van der Waals surface area (Å²) in [6.45, 7) is 0.306. The maximum atomic E-state index is 12.1. The summed E-state index contributed by atoms with van der Waals surface area (Å²) in [6, 6.07) is 1.50. The molecule has 0 saturated carbocycles. The van der Waals surface area contributed by atoms with Crippen LogP contribution in [0, 0.1) is 0 Å². The minimum atomic E-state index is -3.48. The summed E-state index contributed by atoms with van der Waals surface area (Å²) < 4.78 is 27.2. The van der Waals surface area contributed by atoms with Crippen molar-refractivity contribution in [3.63, 3.8) is 0 Å². The molecule has 0 spiro atoms. The minimum Gasteiger partial charge on any atom is -0.391 e. The lowest BCUT2D eigenvalue weighted by Crippen LogP contribution is -2.24. The van der Waals surface area contributed by atoms with E-state index in [1.165, 1.54) is 17.4 Å². The highest BCUT2D eigenvalue weighted by Gasteiger charge is 2.20. The molecule has 1 aromatic heterocycles. The van der Waals surface area contributed by atoms with Gasteiger partial charge in [0.2, 0.25) is 10.0 Å². The van der Waals surface area contributed by atoms with Gasteiger partial charge in [-0.3, -0.25) is 0 Å².